The lowest BCUT2D eigenvalue weighted by Gasteiger charge is -2.24. The Morgan fingerprint density at radius 2 is 1.88 bits per heavy atom. The Hall–Kier alpha value is -1.10. The van der Waals surface area contributed by atoms with E-state index in [4.69, 9.17) is 11.5 Å². The van der Waals surface area contributed by atoms with Crippen LogP contribution in [0.3, 0.4) is 0 Å². The summed E-state index contributed by atoms with van der Waals surface area (Å²) in [4.78, 5) is 22.2. The van der Waals surface area contributed by atoms with E-state index in [1.807, 2.05) is 0 Å². The van der Waals surface area contributed by atoms with Crippen molar-refractivity contribution in [3.05, 3.63) is 0 Å². The van der Waals surface area contributed by atoms with E-state index >= 15 is 0 Å². The molecule has 16 heavy (non-hydrogen) atoms. The van der Waals surface area contributed by atoms with E-state index in [9.17, 15) is 9.59 Å². The van der Waals surface area contributed by atoms with Crippen molar-refractivity contribution in [2.75, 3.05) is 0 Å². The first-order chi connectivity index (χ1) is 7.59. The normalized spacial score (nSPS) is 19.1. The summed E-state index contributed by atoms with van der Waals surface area (Å²) in [5, 5.41) is 2.93. The fraction of sp³-hybridized carbons (Fsp3) is 0.818. The van der Waals surface area contributed by atoms with Crippen molar-refractivity contribution in [1.82, 2.24) is 5.32 Å². The van der Waals surface area contributed by atoms with Gasteiger partial charge in [0.05, 0.1) is 6.04 Å². The first-order valence-corrected chi connectivity index (χ1v) is 5.94. The summed E-state index contributed by atoms with van der Waals surface area (Å²) in [5.74, 6) is -0.575. The van der Waals surface area contributed by atoms with Gasteiger partial charge in [-0.3, -0.25) is 9.59 Å². The van der Waals surface area contributed by atoms with Crippen molar-refractivity contribution in [2.45, 2.75) is 57.0 Å². The highest BCUT2D eigenvalue weighted by atomic mass is 16.2. The van der Waals surface area contributed by atoms with Crippen molar-refractivity contribution in [3.8, 4) is 0 Å². The average molecular weight is 227 g/mol. The van der Waals surface area contributed by atoms with Crippen LogP contribution in [0.4, 0.5) is 0 Å². The third kappa shape index (κ3) is 4.61. The Kier molecular flexibility index (Phi) is 5.25. The minimum absolute atomic E-state index is 0.159. The van der Waals surface area contributed by atoms with Crippen LogP contribution in [0.2, 0.25) is 0 Å². The van der Waals surface area contributed by atoms with Crippen LogP contribution in [0.5, 0.6) is 0 Å². The summed E-state index contributed by atoms with van der Waals surface area (Å²) in [7, 11) is 0. The molecule has 0 spiro atoms. The number of primary amides is 1. The SMILES string of the molecule is NC(=O)CC[C@@H](N)C(=O)NC1CCCCC1. The maximum absolute atomic E-state index is 11.6. The smallest absolute Gasteiger partial charge is 0.237 e. The Morgan fingerprint density at radius 3 is 2.44 bits per heavy atom. The van der Waals surface area contributed by atoms with E-state index < -0.39 is 11.9 Å². The molecule has 0 bridgehead atoms. The molecule has 1 aliphatic rings. The molecule has 1 fully saturated rings. The van der Waals surface area contributed by atoms with Crippen molar-refractivity contribution >= 4 is 11.8 Å². The molecule has 2 amide bonds. The predicted molar refractivity (Wildman–Crippen MR) is 61.4 cm³/mol. The van der Waals surface area contributed by atoms with E-state index in [0.717, 1.165) is 12.8 Å². The molecule has 0 heterocycles. The molecule has 0 aromatic rings. The molecule has 0 unspecified atom stereocenters. The highest BCUT2D eigenvalue weighted by Crippen LogP contribution is 2.17. The van der Waals surface area contributed by atoms with Crippen LogP contribution in [0.15, 0.2) is 0 Å². The van der Waals surface area contributed by atoms with Gasteiger partial charge in [0.15, 0.2) is 0 Å². The van der Waals surface area contributed by atoms with Gasteiger partial charge in [0.25, 0.3) is 0 Å². The number of hydrogen-bond acceptors (Lipinski definition) is 3. The largest absolute Gasteiger partial charge is 0.370 e. The lowest BCUT2D eigenvalue weighted by atomic mass is 9.95. The van der Waals surface area contributed by atoms with Gasteiger partial charge in [-0.25, -0.2) is 0 Å². The number of nitrogens with one attached hydrogen (secondary N) is 1. The van der Waals surface area contributed by atoms with Crippen LogP contribution in [0, 0.1) is 0 Å². The number of hydrogen-bond donors (Lipinski definition) is 3. The summed E-state index contributed by atoms with van der Waals surface area (Å²) < 4.78 is 0. The maximum Gasteiger partial charge on any atom is 0.237 e. The molecule has 5 heteroatoms. The second kappa shape index (κ2) is 6.48. The maximum atomic E-state index is 11.6. The summed E-state index contributed by atoms with van der Waals surface area (Å²) in [6.07, 6.45) is 6.15. The first kappa shape index (κ1) is 13.0. The number of carbonyl (C=O) groups is 2. The van der Waals surface area contributed by atoms with Crippen LogP contribution in [0.1, 0.15) is 44.9 Å². The second-order valence-corrected chi connectivity index (χ2v) is 4.46. The Bertz CT molecular complexity index is 250. The molecular weight excluding hydrogens is 206 g/mol. The van der Waals surface area contributed by atoms with Crippen LogP contribution in [-0.4, -0.2) is 23.9 Å². The quantitative estimate of drug-likeness (QED) is 0.618. The minimum Gasteiger partial charge on any atom is -0.370 e. The van der Waals surface area contributed by atoms with Crippen LogP contribution < -0.4 is 16.8 Å². The minimum atomic E-state index is -0.616. The zero-order valence-corrected chi connectivity index (χ0v) is 9.58. The van der Waals surface area contributed by atoms with Gasteiger partial charge in [0.2, 0.25) is 11.8 Å². The van der Waals surface area contributed by atoms with Crippen LogP contribution >= 0.6 is 0 Å². The highest BCUT2D eigenvalue weighted by molar-refractivity contribution is 5.82. The molecule has 0 aliphatic heterocycles. The van der Waals surface area contributed by atoms with Gasteiger partial charge in [0, 0.05) is 12.5 Å². The Morgan fingerprint density at radius 1 is 1.25 bits per heavy atom. The molecule has 5 nitrogen and oxygen atoms in total. The van der Waals surface area contributed by atoms with Gasteiger partial charge in [-0.05, 0) is 19.3 Å². The van der Waals surface area contributed by atoms with E-state index in [1.54, 1.807) is 0 Å². The molecule has 0 aromatic carbocycles. The molecule has 92 valence electrons. The Labute approximate surface area is 95.9 Å². The number of carbonyl (C=O) groups excluding carboxylic acids is 2. The predicted octanol–water partition coefficient (Wildman–Crippen LogP) is 0.0281. The standard InChI is InChI=1S/C11H21N3O2/c12-9(6-7-10(13)15)11(16)14-8-4-2-1-3-5-8/h8-9H,1-7,12H2,(H2,13,15)(H,14,16)/t9-/m1/s1. The molecule has 0 saturated heterocycles. The zero-order chi connectivity index (χ0) is 12.0. The first-order valence-electron chi connectivity index (χ1n) is 5.94. The zero-order valence-electron chi connectivity index (χ0n) is 9.58. The lowest BCUT2D eigenvalue weighted by molar-refractivity contribution is -0.123. The molecule has 5 N–H and O–H groups in total. The topological polar surface area (TPSA) is 98.2 Å². The van der Waals surface area contributed by atoms with E-state index in [1.165, 1.54) is 19.3 Å². The van der Waals surface area contributed by atoms with Crippen molar-refractivity contribution in [3.63, 3.8) is 0 Å². The van der Waals surface area contributed by atoms with Crippen molar-refractivity contribution in [1.29, 1.82) is 0 Å². The summed E-state index contributed by atoms with van der Waals surface area (Å²) in [6, 6.07) is -0.352. The van der Waals surface area contributed by atoms with Gasteiger partial charge in [0.1, 0.15) is 0 Å². The van der Waals surface area contributed by atoms with Gasteiger partial charge in [-0.1, -0.05) is 19.3 Å². The van der Waals surface area contributed by atoms with Gasteiger partial charge in [-0.15, -0.1) is 0 Å². The summed E-state index contributed by atoms with van der Waals surface area (Å²) >= 11 is 0. The van der Waals surface area contributed by atoms with Crippen LogP contribution in [-0.2, 0) is 9.59 Å². The third-order valence-corrected chi connectivity index (χ3v) is 2.99. The molecular formula is C11H21N3O2. The van der Waals surface area contributed by atoms with Crippen molar-refractivity contribution in [2.24, 2.45) is 11.5 Å². The van der Waals surface area contributed by atoms with Crippen LogP contribution in [0.25, 0.3) is 0 Å². The monoisotopic (exact) mass is 227 g/mol. The lowest BCUT2D eigenvalue weighted by Crippen LogP contribution is -2.46. The molecule has 0 aromatic heterocycles. The van der Waals surface area contributed by atoms with Gasteiger partial charge in [-0.2, -0.15) is 0 Å². The van der Waals surface area contributed by atoms with Crippen molar-refractivity contribution < 1.29 is 9.59 Å². The molecule has 1 saturated carbocycles. The summed E-state index contributed by atoms with van der Waals surface area (Å²) in [5.41, 5.74) is 10.7. The fourth-order valence-corrected chi connectivity index (χ4v) is 1.98. The highest BCUT2D eigenvalue weighted by Gasteiger charge is 2.19. The van der Waals surface area contributed by atoms with Gasteiger partial charge < -0.3 is 16.8 Å². The Balaban J connectivity index is 2.24. The number of rotatable bonds is 5. The van der Waals surface area contributed by atoms with E-state index in [2.05, 4.69) is 5.32 Å². The molecule has 0 radical (unpaired) electrons. The average Bonchev–Trinajstić information content (AvgIpc) is 2.27. The molecule has 1 rings (SSSR count). The number of amides is 2. The second-order valence-electron chi connectivity index (χ2n) is 4.46. The summed E-state index contributed by atoms with van der Waals surface area (Å²) in [6.45, 7) is 0. The fourth-order valence-electron chi connectivity index (χ4n) is 1.98. The van der Waals surface area contributed by atoms with E-state index in [0.29, 0.717) is 6.42 Å². The molecule has 1 aliphatic carbocycles. The third-order valence-electron chi connectivity index (χ3n) is 2.99. The number of nitrogens with two attached hydrogens (primary N) is 2. The van der Waals surface area contributed by atoms with Gasteiger partial charge >= 0.3 is 0 Å². The molecule has 1 atom stereocenters. The van der Waals surface area contributed by atoms with E-state index in [-0.39, 0.29) is 18.4 Å².